The third-order valence-corrected chi connectivity index (χ3v) is 2.19. The molecule has 0 spiro atoms. The Morgan fingerprint density at radius 1 is 1.44 bits per heavy atom. The fourth-order valence-corrected chi connectivity index (χ4v) is 1.30. The van der Waals surface area contributed by atoms with Gasteiger partial charge in [-0.3, -0.25) is 14.9 Å². The zero-order valence-corrected chi connectivity index (χ0v) is 9.25. The molecule has 5 nitrogen and oxygen atoms in total. The Labute approximate surface area is 99.8 Å². The molecule has 98 valence electrons. The van der Waals surface area contributed by atoms with Gasteiger partial charge in [0.2, 0.25) is 0 Å². The van der Waals surface area contributed by atoms with E-state index in [1.807, 2.05) is 0 Å². The topological polar surface area (TPSA) is 72.2 Å². The van der Waals surface area contributed by atoms with Crippen LogP contribution in [0.5, 0.6) is 0 Å². The third kappa shape index (κ3) is 3.19. The van der Waals surface area contributed by atoms with E-state index in [1.54, 1.807) is 12.2 Å². The molecule has 0 fully saturated rings. The van der Waals surface area contributed by atoms with Crippen LogP contribution in [0, 0.1) is 10.1 Å². The van der Waals surface area contributed by atoms with Crippen LogP contribution in [0.25, 0.3) is 0 Å². The van der Waals surface area contributed by atoms with Crippen LogP contribution in [0.2, 0.25) is 0 Å². The number of nitro groups is 1. The molecule has 0 heterocycles. The molecule has 0 aliphatic carbocycles. The average molecular weight is 262 g/mol. The number of carbonyl (C=O) groups is 1. The molecule has 0 unspecified atom stereocenters. The summed E-state index contributed by atoms with van der Waals surface area (Å²) < 4.78 is 36.3. The fraction of sp³-hybridized carbons (Fsp3) is 0.300. The summed E-state index contributed by atoms with van der Waals surface area (Å²) in [6, 6.07) is 3.38. The second-order valence-corrected chi connectivity index (χ2v) is 3.40. The number of nitro benzene ring substituents is 1. The SMILES string of the molecule is CCc1ccc([N+](=O)[O-])cc1NC(=O)C(F)(F)F. The van der Waals surface area contributed by atoms with Crippen molar-refractivity contribution in [2.45, 2.75) is 19.5 Å². The number of benzene rings is 1. The van der Waals surface area contributed by atoms with Gasteiger partial charge in [0.15, 0.2) is 0 Å². The number of alkyl halides is 3. The number of halogens is 3. The molecule has 1 amide bonds. The van der Waals surface area contributed by atoms with Crippen LogP contribution < -0.4 is 5.32 Å². The van der Waals surface area contributed by atoms with Gasteiger partial charge < -0.3 is 5.32 Å². The number of aryl methyl sites for hydroxylation is 1. The van der Waals surface area contributed by atoms with Crippen LogP contribution in [-0.2, 0) is 11.2 Å². The van der Waals surface area contributed by atoms with E-state index in [1.165, 1.54) is 12.1 Å². The monoisotopic (exact) mass is 262 g/mol. The molecule has 1 N–H and O–H groups in total. The molecule has 18 heavy (non-hydrogen) atoms. The van der Waals surface area contributed by atoms with Crippen LogP contribution in [0.1, 0.15) is 12.5 Å². The molecule has 0 saturated carbocycles. The molecule has 0 aromatic heterocycles. The van der Waals surface area contributed by atoms with Gasteiger partial charge in [-0.05, 0) is 12.0 Å². The minimum Gasteiger partial charge on any atom is -0.318 e. The first-order valence-corrected chi connectivity index (χ1v) is 4.91. The summed E-state index contributed by atoms with van der Waals surface area (Å²) in [5, 5.41) is 12.1. The van der Waals surface area contributed by atoms with E-state index in [0.29, 0.717) is 12.0 Å². The van der Waals surface area contributed by atoms with E-state index in [4.69, 9.17) is 0 Å². The maximum Gasteiger partial charge on any atom is 0.471 e. The fourth-order valence-electron chi connectivity index (χ4n) is 1.30. The highest BCUT2D eigenvalue weighted by Crippen LogP contribution is 2.25. The highest BCUT2D eigenvalue weighted by atomic mass is 19.4. The van der Waals surface area contributed by atoms with Gasteiger partial charge in [-0.2, -0.15) is 13.2 Å². The van der Waals surface area contributed by atoms with Crippen molar-refractivity contribution in [2.75, 3.05) is 5.32 Å². The summed E-state index contributed by atoms with van der Waals surface area (Å²) in [6.07, 6.45) is -4.69. The molecule has 0 atom stereocenters. The standard InChI is InChI=1S/C10H9F3N2O3/c1-2-6-3-4-7(15(17)18)5-8(6)14-9(16)10(11,12)13/h3-5H,2H2,1H3,(H,14,16). The normalized spacial score (nSPS) is 11.1. The van der Waals surface area contributed by atoms with Gasteiger partial charge in [-0.15, -0.1) is 0 Å². The summed E-state index contributed by atoms with van der Waals surface area (Å²) in [7, 11) is 0. The lowest BCUT2D eigenvalue weighted by Crippen LogP contribution is -2.30. The molecule has 0 radical (unpaired) electrons. The van der Waals surface area contributed by atoms with Crippen molar-refractivity contribution in [3.05, 3.63) is 33.9 Å². The van der Waals surface area contributed by atoms with Gasteiger partial charge in [0.05, 0.1) is 10.6 Å². The summed E-state index contributed by atoms with van der Waals surface area (Å²) >= 11 is 0. The number of hydrogen-bond donors (Lipinski definition) is 1. The minimum absolute atomic E-state index is 0.200. The van der Waals surface area contributed by atoms with Crippen molar-refractivity contribution in [1.29, 1.82) is 0 Å². The second-order valence-electron chi connectivity index (χ2n) is 3.40. The van der Waals surface area contributed by atoms with E-state index in [2.05, 4.69) is 0 Å². The van der Waals surface area contributed by atoms with Crippen molar-refractivity contribution in [2.24, 2.45) is 0 Å². The number of carbonyl (C=O) groups excluding carboxylic acids is 1. The first-order chi connectivity index (χ1) is 8.25. The van der Waals surface area contributed by atoms with Crippen LogP contribution >= 0.6 is 0 Å². The van der Waals surface area contributed by atoms with Gasteiger partial charge in [0, 0.05) is 12.1 Å². The molecule has 1 aromatic carbocycles. The quantitative estimate of drug-likeness (QED) is 0.672. The smallest absolute Gasteiger partial charge is 0.318 e. The van der Waals surface area contributed by atoms with E-state index >= 15 is 0 Å². The first-order valence-electron chi connectivity index (χ1n) is 4.91. The maximum atomic E-state index is 12.1. The highest BCUT2D eigenvalue weighted by molar-refractivity contribution is 5.95. The molecule has 8 heteroatoms. The van der Waals surface area contributed by atoms with E-state index in [0.717, 1.165) is 6.07 Å². The van der Waals surface area contributed by atoms with Crippen molar-refractivity contribution in [3.8, 4) is 0 Å². The van der Waals surface area contributed by atoms with Crippen LogP contribution in [-0.4, -0.2) is 17.0 Å². The molecular formula is C10H9F3N2O3. The Hall–Kier alpha value is -2.12. The van der Waals surface area contributed by atoms with Gasteiger partial charge >= 0.3 is 12.1 Å². The van der Waals surface area contributed by atoms with Crippen LogP contribution in [0.15, 0.2) is 18.2 Å². The van der Waals surface area contributed by atoms with Crippen molar-refractivity contribution in [3.63, 3.8) is 0 Å². The average Bonchev–Trinajstić information content (AvgIpc) is 2.27. The van der Waals surface area contributed by atoms with E-state index < -0.39 is 17.0 Å². The van der Waals surface area contributed by atoms with E-state index in [-0.39, 0.29) is 11.4 Å². The third-order valence-electron chi connectivity index (χ3n) is 2.19. The maximum absolute atomic E-state index is 12.1. The molecule has 0 aliphatic heterocycles. The van der Waals surface area contributed by atoms with E-state index in [9.17, 15) is 28.1 Å². The van der Waals surface area contributed by atoms with Gasteiger partial charge in [-0.25, -0.2) is 0 Å². The number of non-ortho nitro benzene ring substituents is 1. The first kappa shape index (κ1) is 13.9. The van der Waals surface area contributed by atoms with Crippen molar-refractivity contribution < 1.29 is 22.9 Å². The Balaban J connectivity index is 3.09. The molecule has 1 aromatic rings. The van der Waals surface area contributed by atoms with Crippen molar-refractivity contribution >= 4 is 17.3 Å². The minimum atomic E-state index is -5.03. The Morgan fingerprint density at radius 2 is 2.06 bits per heavy atom. The van der Waals surface area contributed by atoms with Crippen molar-refractivity contribution in [1.82, 2.24) is 0 Å². The van der Waals surface area contributed by atoms with Crippen LogP contribution in [0.3, 0.4) is 0 Å². The lowest BCUT2D eigenvalue weighted by molar-refractivity contribution is -0.384. The Kier molecular flexibility index (Phi) is 3.89. The molecule has 0 saturated heterocycles. The summed E-state index contributed by atoms with van der Waals surface area (Å²) in [4.78, 5) is 20.5. The van der Waals surface area contributed by atoms with Gasteiger partial charge in [0.25, 0.3) is 5.69 Å². The molecule has 1 rings (SSSR count). The number of nitrogens with zero attached hydrogens (tertiary/aromatic N) is 1. The second kappa shape index (κ2) is 5.03. The lowest BCUT2D eigenvalue weighted by atomic mass is 10.1. The molecular weight excluding hydrogens is 253 g/mol. The number of hydrogen-bond acceptors (Lipinski definition) is 3. The predicted molar refractivity (Wildman–Crippen MR) is 57.2 cm³/mol. The van der Waals surface area contributed by atoms with Gasteiger partial charge in [-0.1, -0.05) is 13.0 Å². The number of nitrogens with one attached hydrogen (secondary N) is 1. The summed E-state index contributed by atoms with van der Waals surface area (Å²) in [6.45, 7) is 1.66. The molecule has 0 bridgehead atoms. The lowest BCUT2D eigenvalue weighted by Gasteiger charge is -2.11. The summed E-state index contributed by atoms with van der Waals surface area (Å²) in [5.41, 5.74) is -0.197. The molecule has 0 aliphatic rings. The zero-order valence-electron chi connectivity index (χ0n) is 9.25. The Morgan fingerprint density at radius 3 is 2.50 bits per heavy atom. The highest BCUT2D eigenvalue weighted by Gasteiger charge is 2.39. The Bertz CT molecular complexity index is 486. The number of amides is 1. The number of anilines is 1. The predicted octanol–water partition coefficient (Wildman–Crippen LogP) is 2.66. The number of rotatable bonds is 3. The van der Waals surface area contributed by atoms with Crippen LogP contribution in [0.4, 0.5) is 24.5 Å². The largest absolute Gasteiger partial charge is 0.471 e. The summed E-state index contributed by atoms with van der Waals surface area (Å²) in [5.74, 6) is -2.15. The van der Waals surface area contributed by atoms with Gasteiger partial charge in [0.1, 0.15) is 0 Å². The zero-order chi connectivity index (χ0) is 13.9.